The predicted octanol–water partition coefficient (Wildman–Crippen LogP) is 4.81. The fourth-order valence-corrected chi connectivity index (χ4v) is 3.81. The van der Waals surface area contributed by atoms with Crippen molar-refractivity contribution in [2.45, 2.75) is 17.8 Å². The molecule has 0 aliphatic heterocycles. The SMILES string of the molecule is Cc1ccc(NC(=O)c2nnn(-c3ccc(Br)cc3)c2CSc2ncccn2)cc1F. The number of amides is 1. The Balaban J connectivity index is 1.66. The molecule has 0 fully saturated rings. The number of aromatic nitrogens is 5. The first kappa shape index (κ1) is 21.1. The lowest BCUT2D eigenvalue weighted by Crippen LogP contribution is -2.15. The van der Waals surface area contributed by atoms with Crippen molar-refractivity contribution in [3.05, 3.63) is 88.2 Å². The Kier molecular flexibility index (Phi) is 6.38. The highest BCUT2D eigenvalue weighted by Crippen LogP contribution is 2.24. The van der Waals surface area contributed by atoms with E-state index in [2.05, 4.69) is 41.5 Å². The summed E-state index contributed by atoms with van der Waals surface area (Å²) in [4.78, 5) is 21.4. The Bertz CT molecular complexity index is 1220. The number of anilines is 1. The van der Waals surface area contributed by atoms with Gasteiger partial charge in [-0.2, -0.15) is 0 Å². The smallest absolute Gasteiger partial charge is 0.278 e. The molecule has 31 heavy (non-hydrogen) atoms. The van der Waals surface area contributed by atoms with E-state index in [0.29, 0.717) is 27.9 Å². The van der Waals surface area contributed by atoms with Gasteiger partial charge in [0.2, 0.25) is 0 Å². The Morgan fingerprint density at radius 2 is 1.90 bits per heavy atom. The second-order valence-corrected chi connectivity index (χ2v) is 8.37. The Morgan fingerprint density at radius 3 is 2.61 bits per heavy atom. The predicted molar refractivity (Wildman–Crippen MR) is 120 cm³/mol. The molecule has 1 N–H and O–H groups in total. The third-order valence-electron chi connectivity index (χ3n) is 4.36. The van der Waals surface area contributed by atoms with E-state index in [1.807, 2.05) is 24.3 Å². The summed E-state index contributed by atoms with van der Waals surface area (Å²) in [6, 6.07) is 13.7. The fourth-order valence-electron chi connectivity index (χ4n) is 2.75. The molecule has 0 atom stereocenters. The van der Waals surface area contributed by atoms with Crippen LogP contribution >= 0.6 is 27.7 Å². The molecule has 0 saturated carbocycles. The Morgan fingerprint density at radius 1 is 1.16 bits per heavy atom. The molecule has 156 valence electrons. The van der Waals surface area contributed by atoms with Crippen LogP contribution in [0.4, 0.5) is 10.1 Å². The molecular formula is C21H16BrFN6OS. The second-order valence-electron chi connectivity index (χ2n) is 6.51. The van der Waals surface area contributed by atoms with Crippen LogP contribution in [0.2, 0.25) is 0 Å². The lowest BCUT2D eigenvalue weighted by molar-refractivity contribution is 0.102. The van der Waals surface area contributed by atoms with Gasteiger partial charge in [-0.05, 0) is 55.0 Å². The van der Waals surface area contributed by atoms with Crippen molar-refractivity contribution in [2.24, 2.45) is 0 Å². The van der Waals surface area contributed by atoms with Gasteiger partial charge in [0.25, 0.3) is 5.91 Å². The maximum atomic E-state index is 13.9. The average Bonchev–Trinajstić information content (AvgIpc) is 3.20. The van der Waals surface area contributed by atoms with Crippen LogP contribution in [0.3, 0.4) is 0 Å². The van der Waals surface area contributed by atoms with Crippen molar-refractivity contribution in [3.63, 3.8) is 0 Å². The minimum absolute atomic E-state index is 0.146. The Labute approximate surface area is 190 Å². The number of hydrogen-bond acceptors (Lipinski definition) is 6. The van der Waals surface area contributed by atoms with Crippen molar-refractivity contribution in [1.82, 2.24) is 25.0 Å². The Hall–Kier alpha value is -3.11. The number of rotatable bonds is 6. The van der Waals surface area contributed by atoms with E-state index in [9.17, 15) is 9.18 Å². The molecule has 2 heterocycles. The van der Waals surface area contributed by atoms with Crippen molar-refractivity contribution in [3.8, 4) is 5.69 Å². The van der Waals surface area contributed by atoms with Gasteiger partial charge < -0.3 is 5.32 Å². The lowest BCUT2D eigenvalue weighted by Gasteiger charge is -2.09. The summed E-state index contributed by atoms with van der Waals surface area (Å²) in [5, 5.41) is 11.6. The lowest BCUT2D eigenvalue weighted by atomic mass is 10.2. The highest BCUT2D eigenvalue weighted by Gasteiger charge is 2.22. The summed E-state index contributed by atoms with van der Waals surface area (Å²) in [5.74, 6) is -0.512. The maximum absolute atomic E-state index is 13.9. The van der Waals surface area contributed by atoms with Gasteiger partial charge >= 0.3 is 0 Å². The standard InChI is InChI=1S/C21H16BrFN6OS/c1-13-3-6-15(11-17(13)23)26-20(30)19-18(12-31-21-24-9-2-10-25-21)29(28-27-19)16-7-4-14(22)5-8-16/h2-11H,12H2,1H3,(H,26,30). The number of thioether (sulfide) groups is 1. The molecule has 0 radical (unpaired) electrons. The van der Waals surface area contributed by atoms with E-state index >= 15 is 0 Å². The van der Waals surface area contributed by atoms with Gasteiger partial charge in [0, 0.05) is 28.3 Å². The van der Waals surface area contributed by atoms with Gasteiger partial charge in [0.05, 0.1) is 11.4 Å². The molecule has 10 heteroatoms. The summed E-state index contributed by atoms with van der Waals surface area (Å²) < 4.78 is 16.4. The molecule has 4 aromatic rings. The normalized spacial score (nSPS) is 10.8. The molecule has 0 aliphatic rings. The van der Waals surface area contributed by atoms with E-state index in [1.54, 1.807) is 42.2 Å². The quantitative estimate of drug-likeness (QED) is 0.303. The number of aryl methyl sites for hydroxylation is 1. The van der Waals surface area contributed by atoms with Crippen LogP contribution in [0, 0.1) is 12.7 Å². The van der Waals surface area contributed by atoms with Gasteiger partial charge in [0.15, 0.2) is 10.9 Å². The van der Waals surface area contributed by atoms with Gasteiger partial charge in [0.1, 0.15) is 5.82 Å². The highest BCUT2D eigenvalue weighted by molar-refractivity contribution is 9.10. The molecule has 0 aliphatic carbocycles. The molecule has 2 aromatic heterocycles. The highest BCUT2D eigenvalue weighted by atomic mass is 79.9. The molecule has 4 rings (SSSR count). The first-order valence-corrected chi connectivity index (χ1v) is 11.0. The third kappa shape index (κ3) is 4.97. The van der Waals surface area contributed by atoms with Gasteiger partial charge in [-0.25, -0.2) is 19.0 Å². The van der Waals surface area contributed by atoms with Crippen LogP contribution in [0.1, 0.15) is 21.7 Å². The molecule has 0 saturated heterocycles. The largest absolute Gasteiger partial charge is 0.320 e. The van der Waals surface area contributed by atoms with Gasteiger partial charge in [-0.1, -0.05) is 39.0 Å². The molecule has 0 spiro atoms. The summed E-state index contributed by atoms with van der Waals surface area (Å²) in [6.07, 6.45) is 3.30. The number of carbonyl (C=O) groups excluding carboxylic acids is 1. The van der Waals surface area contributed by atoms with Gasteiger partial charge in [-0.3, -0.25) is 4.79 Å². The van der Waals surface area contributed by atoms with Crippen LogP contribution in [-0.4, -0.2) is 30.9 Å². The first-order chi connectivity index (χ1) is 15.0. The van der Waals surface area contributed by atoms with Crippen molar-refractivity contribution >= 4 is 39.3 Å². The number of nitrogens with one attached hydrogen (secondary N) is 1. The molecule has 2 aromatic carbocycles. The third-order valence-corrected chi connectivity index (χ3v) is 5.77. The van der Waals surface area contributed by atoms with Crippen molar-refractivity contribution in [2.75, 3.05) is 5.32 Å². The van der Waals surface area contributed by atoms with E-state index < -0.39 is 11.7 Å². The maximum Gasteiger partial charge on any atom is 0.278 e. The molecule has 0 unspecified atom stereocenters. The summed E-state index contributed by atoms with van der Waals surface area (Å²) in [6.45, 7) is 1.66. The zero-order valence-electron chi connectivity index (χ0n) is 16.3. The summed E-state index contributed by atoms with van der Waals surface area (Å²) >= 11 is 4.77. The molecule has 7 nitrogen and oxygen atoms in total. The van der Waals surface area contributed by atoms with Crippen molar-refractivity contribution < 1.29 is 9.18 Å². The van der Waals surface area contributed by atoms with Gasteiger partial charge in [-0.15, -0.1) is 5.10 Å². The van der Waals surface area contributed by atoms with Crippen molar-refractivity contribution in [1.29, 1.82) is 0 Å². The number of hydrogen-bond donors (Lipinski definition) is 1. The topological polar surface area (TPSA) is 85.6 Å². The zero-order valence-corrected chi connectivity index (χ0v) is 18.7. The molecular weight excluding hydrogens is 483 g/mol. The summed E-state index contributed by atoms with van der Waals surface area (Å²) in [5.41, 5.74) is 2.31. The average molecular weight is 499 g/mol. The minimum atomic E-state index is -0.476. The molecule has 1 amide bonds. The fraction of sp³-hybridized carbons (Fsp3) is 0.0952. The first-order valence-electron chi connectivity index (χ1n) is 9.19. The number of nitrogens with zero attached hydrogens (tertiary/aromatic N) is 5. The van der Waals surface area contributed by atoms with Crippen LogP contribution < -0.4 is 5.32 Å². The summed E-state index contributed by atoms with van der Waals surface area (Å²) in [7, 11) is 0. The van der Waals surface area contributed by atoms with Crippen LogP contribution in [0.5, 0.6) is 0 Å². The van der Waals surface area contributed by atoms with E-state index in [1.165, 1.54) is 17.8 Å². The van der Waals surface area contributed by atoms with Crippen LogP contribution in [0.15, 0.2) is 70.6 Å². The van der Waals surface area contributed by atoms with Crippen LogP contribution in [0.25, 0.3) is 5.69 Å². The van der Waals surface area contributed by atoms with Crippen LogP contribution in [-0.2, 0) is 5.75 Å². The van der Waals surface area contributed by atoms with E-state index in [0.717, 1.165) is 10.2 Å². The molecule has 0 bridgehead atoms. The zero-order chi connectivity index (χ0) is 21.8. The second kappa shape index (κ2) is 9.36. The number of carbonyl (C=O) groups is 1. The van der Waals surface area contributed by atoms with E-state index in [-0.39, 0.29) is 5.69 Å². The number of halogens is 2. The van der Waals surface area contributed by atoms with E-state index in [4.69, 9.17) is 0 Å². The monoisotopic (exact) mass is 498 g/mol. The minimum Gasteiger partial charge on any atom is -0.320 e. The number of benzene rings is 2.